The Balaban J connectivity index is 2.44. The molecule has 0 aliphatic heterocycles. The summed E-state index contributed by atoms with van der Waals surface area (Å²) in [5.41, 5.74) is 1.91. The van der Waals surface area contributed by atoms with Crippen molar-refractivity contribution in [3.63, 3.8) is 0 Å². The van der Waals surface area contributed by atoms with E-state index in [2.05, 4.69) is 58.0 Å². The summed E-state index contributed by atoms with van der Waals surface area (Å²) >= 11 is 0. The maximum absolute atomic E-state index is 2.40. The van der Waals surface area contributed by atoms with Crippen molar-refractivity contribution in [2.75, 3.05) is 0 Å². The Hall–Kier alpha value is -0.780. The lowest BCUT2D eigenvalue weighted by Gasteiger charge is -2.31. The molecule has 0 bridgehead atoms. The van der Waals surface area contributed by atoms with Gasteiger partial charge in [-0.15, -0.1) is 0 Å². The molecule has 0 aliphatic rings. The number of unbranched alkanes of at least 4 members (excludes halogenated alkanes) is 4. The van der Waals surface area contributed by atoms with Crippen LogP contribution in [0.2, 0.25) is 0 Å². The summed E-state index contributed by atoms with van der Waals surface area (Å²) in [5, 5.41) is 0. The number of hydrogen-bond donors (Lipinski definition) is 0. The van der Waals surface area contributed by atoms with Crippen LogP contribution in [0.3, 0.4) is 0 Å². The first-order valence-corrected chi connectivity index (χ1v) is 8.08. The second-order valence-electron chi connectivity index (χ2n) is 6.96. The molecule has 0 spiro atoms. The maximum Gasteiger partial charge on any atom is -0.0245 e. The van der Waals surface area contributed by atoms with Crippen LogP contribution in [-0.4, -0.2) is 0 Å². The third kappa shape index (κ3) is 6.80. The normalized spacial score (nSPS) is 13.5. The van der Waals surface area contributed by atoms with Gasteiger partial charge in [0.05, 0.1) is 0 Å². The fourth-order valence-corrected chi connectivity index (χ4v) is 2.73. The van der Waals surface area contributed by atoms with Gasteiger partial charge in [-0.3, -0.25) is 0 Å². The van der Waals surface area contributed by atoms with Crippen LogP contribution in [-0.2, 0) is 6.42 Å². The van der Waals surface area contributed by atoms with Crippen LogP contribution < -0.4 is 0 Å². The van der Waals surface area contributed by atoms with E-state index in [1.54, 1.807) is 0 Å². The summed E-state index contributed by atoms with van der Waals surface area (Å²) in [6.45, 7) is 9.47. The Morgan fingerprint density at radius 1 is 0.895 bits per heavy atom. The molecular formula is C19H32. The van der Waals surface area contributed by atoms with Crippen molar-refractivity contribution in [2.45, 2.75) is 72.6 Å². The molecular weight excluding hydrogens is 228 g/mol. The largest absolute Gasteiger partial charge is 0.0654 e. The van der Waals surface area contributed by atoms with E-state index in [0.717, 1.165) is 5.92 Å². The predicted molar refractivity (Wildman–Crippen MR) is 86.5 cm³/mol. The van der Waals surface area contributed by atoms with E-state index in [0.29, 0.717) is 5.41 Å². The van der Waals surface area contributed by atoms with Crippen molar-refractivity contribution < 1.29 is 0 Å². The van der Waals surface area contributed by atoms with Gasteiger partial charge >= 0.3 is 0 Å². The summed E-state index contributed by atoms with van der Waals surface area (Å²) in [5.74, 6) is 0.802. The number of hydrogen-bond acceptors (Lipinski definition) is 0. The highest BCUT2D eigenvalue weighted by Gasteiger charge is 2.24. The molecule has 1 unspecified atom stereocenters. The maximum atomic E-state index is 2.40. The van der Waals surface area contributed by atoms with Crippen LogP contribution in [0.4, 0.5) is 0 Å². The number of benzene rings is 1. The highest BCUT2D eigenvalue weighted by Crippen LogP contribution is 2.33. The van der Waals surface area contributed by atoms with Gasteiger partial charge < -0.3 is 0 Å². The van der Waals surface area contributed by atoms with E-state index >= 15 is 0 Å². The highest BCUT2D eigenvalue weighted by molar-refractivity contribution is 5.15. The Bertz CT molecular complexity index is 318. The van der Waals surface area contributed by atoms with Crippen molar-refractivity contribution >= 4 is 0 Å². The van der Waals surface area contributed by atoms with Gasteiger partial charge in [0.1, 0.15) is 0 Å². The van der Waals surface area contributed by atoms with Crippen molar-refractivity contribution in [3.8, 4) is 0 Å². The summed E-state index contributed by atoms with van der Waals surface area (Å²) in [6, 6.07) is 11.0. The van der Waals surface area contributed by atoms with E-state index in [-0.39, 0.29) is 0 Å². The van der Waals surface area contributed by atoms with E-state index in [1.165, 1.54) is 50.5 Å². The highest BCUT2D eigenvalue weighted by atomic mass is 14.3. The topological polar surface area (TPSA) is 0 Å². The van der Waals surface area contributed by atoms with Gasteiger partial charge in [0.25, 0.3) is 0 Å². The van der Waals surface area contributed by atoms with Crippen LogP contribution in [0.1, 0.15) is 71.8 Å². The fourth-order valence-electron chi connectivity index (χ4n) is 2.73. The quantitative estimate of drug-likeness (QED) is 0.484. The van der Waals surface area contributed by atoms with Gasteiger partial charge in [-0.2, -0.15) is 0 Å². The first kappa shape index (κ1) is 16.3. The van der Waals surface area contributed by atoms with Gasteiger partial charge in [0.2, 0.25) is 0 Å². The van der Waals surface area contributed by atoms with Crippen LogP contribution in [0.5, 0.6) is 0 Å². The molecule has 1 aromatic carbocycles. The minimum atomic E-state index is 0.417. The SMILES string of the molecule is CCCCCCCC(Cc1ccccc1)C(C)(C)C. The molecule has 0 saturated heterocycles. The van der Waals surface area contributed by atoms with E-state index in [1.807, 2.05) is 0 Å². The van der Waals surface area contributed by atoms with E-state index in [9.17, 15) is 0 Å². The first-order valence-electron chi connectivity index (χ1n) is 8.08. The average molecular weight is 260 g/mol. The molecule has 19 heavy (non-hydrogen) atoms. The fraction of sp³-hybridized carbons (Fsp3) is 0.684. The van der Waals surface area contributed by atoms with Crippen molar-refractivity contribution in [2.24, 2.45) is 11.3 Å². The Morgan fingerprint density at radius 3 is 2.11 bits per heavy atom. The molecule has 0 amide bonds. The van der Waals surface area contributed by atoms with Gasteiger partial charge in [0, 0.05) is 0 Å². The molecule has 1 atom stereocenters. The average Bonchev–Trinajstić information content (AvgIpc) is 2.37. The minimum Gasteiger partial charge on any atom is -0.0654 e. The zero-order valence-corrected chi connectivity index (χ0v) is 13.4. The molecule has 1 rings (SSSR count). The van der Waals surface area contributed by atoms with Crippen molar-refractivity contribution in [1.82, 2.24) is 0 Å². The summed E-state index contributed by atoms with van der Waals surface area (Å²) in [6.07, 6.45) is 9.58. The van der Waals surface area contributed by atoms with E-state index in [4.69, 9.17) is 0 Å². The van der Waals surface area contributed by atoms with Crippen LogP contribution >= 0.6 is 0 Å². The molecule has 0 fully saturated rings. The van der Waals surface area contributed by atoms with Gasteiger partial charge in [-0.05, 0) is 29.7 Å². The third-order valence-electron chi connectivity index (χ3n) is 4.21. The van der Waals surface area contributed by atoms with Gasteiger partial charge in [0.15, 0.2) is 0 Å². The zero-order valence-electron chi connectivity index (χ0n) is 13.4. The molecule has 0 saturated carbocycles. The summed E-state index contributed by atoms with van der Waals surface area (Å²) < 4.78 is 0. The minimum absolute atomic E-state index is 0.417. The molecule has 1 aromatic rings. The number of rotatable bonds is 8. The van der Waals surface area contributed by atoms with Crippen LogP contribution in [0.15, 0.2) is 30.3 Å². The van der Waals surface area contributed by atoms with Gasteiger partial charge in [-0.25, -0.2) is 0 Å². The molecule has 108 valence electrons. The Kier molecular flexibility index (Phi) is 7.20. The molecule has 0 heteroatoms. The molecule has 0 heterocycles. The molecule has 0 radical (unpaired) electrons. The molecule has 0 aliphatic carbocycles. The Morgan fingerprint density at radius 2 is 1.53 bits per heavy atom. The molecule has 0 N–H and O–H groups in total. The lowest BCUT2D eigenvalue weighted by atomic mass is 9.74. The predicted octanol–water partition coefficient (Wildman–Crippen LogP) is 6.25. The van der Waals surface area contributed by atoms with Crippen molar-refractivity contribution in [3.05, 3.63) is 35.9 Å². The second-order valence-corrected chi connectivity index (χ2v) is 6.96. The first-order chi connectivity index (χ1) is 9.04. The second kappa shape index (κ2) is 8.40. The summed E-state index contributed by atoms with van der Waals surface area (Å²) in [7, 11) is 0. The monoisotopic (exact) mass is 260 g/mol. The smallest absolute Gasteiger partial charge is 0.0245 e. The van der Waals surface area contributed by atoms with Crippen LogP contribution in [0, 0.1) is 11.3 Å². The Labute approximate surface area is 120 Å². The van der Waals surface area contributed by atoms with Gasteiger partial charge in [-0.1, -0.05) is 90.1 Å². The lowest BCUT2D eigenvalue weighted by Crippen LogP contribution is -2.22. The van der Waals surface area contributed by atoms with Crippen molar-refractivity contribution in [1.29, 1.82) is 0 Å². The van der Waals surface area contributed by atoms with E-state index < -0.39 is 0 Å². The molecule has 0 aromatic heterocycles. The summed E-state index contributed by atoms with van der Waals surface area (Å²) in [4.78, 5) is 0. The van der Waals surface area contributed by atoms with Crippen LogP contribution in [0.25, 0.3) is 0 Å². The molecule has 0 nitrogen and oxygen atoms in total. The standard InChI is InChI=1S/C19H32/c1-5-6-7-8-12-15-18(19(2,3)4)16-17-13-10-9-11-14-17/h9-11,13-14,18H,5-8,12,15-16H2,1-4H3. The zero-order chi connectivity index (χ0) is 14.1. The lowest BCUT2D eigenvalue weighted by molar-refractivity contribution is 0.218. The third-order valence-corrected chi connectivity index (χ3v) is 4.21.